The van der Waals surface area contributed by atoms with E-state index in [0.29, 0.717) is 29.3 Å². The summed E-state index contributed by atoms with van der Waals surface area (Å²) < 4.78 is 36.0. The zero-order valence-corrected chi connectivity index (χ0v) is 11.5. The maximum Gasteiger partial charge on any atom is 0.387 e. The van der Waals surface area contributed by atoms with Crippen LogP contribution in [0.5, 0.6) is 5.75 Å². The van der Waals surface area contributed by atoms with E-state index in [0.717, 1.165) is 0 Å². The molecule has 1 aromatic carbocycles. The average molecular weight is 301 g/mol. The van der Waals surface area contributed by atoms with Crippen LogP contribution in [0.4, 0.5) is 8.78 Å². The number of aromatic nitrogens is 3. The van der Waals surface area contributed by atoms with Crippen molar-refractivity contribution in [1.29, 1.82) is 0 Å². The van der Waals surface area contributed by atoms with E-state index in [1.807, 2.05) is 0 Å². The van der Waals surface area contributed by atoms with Crippen LogP contribution in [0.1, 0.15) is 0 Å². The first-order valence-corrected chi connectivity index (χ1v) is 6.22. The molecule has 0 amide bonds. The smallest absolute Gasteiger partial charge is 0.387 e. The molecular weight excluding hydrogens is 288 g/mol. The fraction of sp³-hybridized carbons (Fsp3) is 0.333. The number of nitrogens with one attached hydrogen (secondary N) is 1. The quantitative estimate of drug-likeness (QED) is 0.834. The molecule has 1 N–H and O–H groups in total. The highest BCUT2D eigenvalue weighted by Gasteiger charge is 2.11. The number of alkyl halides is 2. The van der Waals surface area contributed by atoms with Gasteiger partial charge in [0.2, 0.25) is 0 Å². The molecule has 2 rings (SSSR count). The van der Waals surface area contributed by atoms with Gasteiger partial charge in [-0.15, -0.1) is 0 Å². The summed E-state index contributed by atoms with van der Waals surface area (Å²) in [6, 6.07) is 6.30. The van der Waals surface area contributed by atoms with E-state index in [2.05, 4.69) is 14.9 Å². The van der Waals surface area contributed by atoms with Gasteiger partial charge in [0.1, 0.15) is 5.75 Å². The van der Waals surface area contributed by atoms with Gasteiger partial charge in [-0.25, -0.2) is 0 Å². The van der Waals surface area contributed by atoms with E-state index in [1.54, 1.807) is 23.8 Å². The summed E-state index contributed by atoms with van der Waals surface area (Å²) in [6.45, 7) is -1.88. The van der Waals surface area contributed by atoms with E-state index >= 15 is 0 Å². The van der Waals surface area contributed by atoms with E-state index in [9.17, 15) is 8.78 Å². The molecule has 20 heavy (non-hydrogen) atoms. The van der Waals surface area contributed by atoms with E-state index in [-0.39, 0.29) is 5.75 Å². The number of benzene rings is 1. The molecule has 0 saturated heterocycles. The maximum absolute atomic E-state index is 12.2. The van der Waals surface area contributed by atoms with Crippen LogP contribution in [0.15, 0.2) is 24.3 Å². The Morgan fingerprint density at radius 2 is 2.25 bits per heavy atom. The van der Waals surface area contributed by atoms with Crippen molar-refractivity contribution in [3.05, 3.63) is 29.0 Å². The second-order valence-electron chi connectivity index (χ2n) is 3.90. The van der Waals surface area contributed by atoms with E-state index in [4.69, 9.17) is 17.0 Å². The van der Waals surface area contributed by atoms with Crippen molar-refractivity contribution in [2.45, 2.75) is 13.2 Å². The number of hydrogen-bond donors (Lipinski definition) is 1. The van der Waals surface area contributed by atoms with Crippen molar-refractivity contribution in [3.8, 4) is 17.1 Å². The first-order chi connectivity index (χ1) is 9.61. The number of halogens is 2. The summed E-state index contributed by atoms with van der Waals surface area (Å²) >= 11 is 5.13. The summed E-state index contributed by atoms with van der Waals surface area (Å²) in [4.78, 5) is 0. The van der Waals surface area contributed by atoms with Crippen LogP contribution in [0.25, 0.3) is 11.4 Å². The van der Waals surface area contributed by atoms with Crippen molar-refractivity contribution in [2.75, 3.05) is 13.7 Å². The number of hydrogen-bond acceptors (Lipinski definition) is 4. The minimum Gasteiger partial charge on any atom is -0.435 e. The summed E-state index contributed by atoms with van der Waals surface area (Å²) in [6.07, 6.45) is 0. The molecule has 0 aliphatic rings. The van der Waals surface area contributed by atoms with Gasteiger partial charge in [-0.1, -0.05) is 12.1 Å². The monoisotopic (exact) mass is 301 g/mol. The third kappa shape index (κ3) is 3.40. The van der Waals surface area contributed by atoms with Gasteiger partial charge in [0.25, 0.3) is 0 Å². The lowest BCUT2D eigenvalue weighted by Crippen LogP contribution is -2.06. The Kier molecular flexibility index (Phi) is 4.80. The molecule has 0 saturated carbocycles. The molecule has 1 aromatic heterocycles. The largest absolute Gasteiger partial charge is 0.435 e. The standard InChI is InChI=1S/C12H13F2N3O2S/c1-18-6-5-17-10(15-16-12(17)20)8-3-2-4-9(7-8)19-11(13)14/h2-4,7,11H,5-6H2,1H3,(H,16,20). The number of rotatable bonds is 6. The van der Waals surface area contributed by atoms with Gasteiger partial charge in [0.05, 0.1) is 13.2 Å². The van der Waals surface area contributed by atoms with Crippen LogP contribution >= 0.6 is 12.2 Å². The number of methoxy groups -OCH3 is 1. The fourth-order valence-electron chi connectivity index (χ4n) is 1.74. The normalized spacial score (nSPS) is 11.0. The molecule has 0 fully saturated rings. The second kappa shape index (κ2) is 6.58. The van der Waals surface area contributed by atoms with Crippen molar-refractivity contribution in [3.63, 3.8) is 0 Å². The van der Waals surface area contributed by atoms with Crippen LogP contribution in [-0.4, -0.2) is 35.1 Å². The van der Waals surface area contributed by atoms with Crippen LogP contribution < -0.4 is 4.74 Å². The van der Waals surface area contributed by atoms with E-state index < -0.39 is 6.61 Å². The van der Waals surface area contributed by atoms with Gasteiger partial charge in [0, 0.05) is 12.7 Å². The molecule has 2 aromatic rings. The average Bonchev–Trinajstić information content (AvgIpc) is 2.77. The van der Waals surface area contributed by atoms with Gasteiger partial charge in [-0.05, 0) is 24.4 Å². The van der Waals surface area contributed by atoms with Crippen LogP contribution in [0.2, 0.25) is 0 Å². The summed E-state index contributed by atoms with van der Waals surface area (Å²) in [7, 11) is 1.58. The van der Waals surface area contributed by atoms with E-state index in [1.165, 1.54) is 12.1 Å². The lowest BCUT2D eigenvalue weighted by Gasteiger charge is -2.08. The number of nitrogens with zero attached hydrogens (tertiary/aromatic N) is 2. The first-order valence-electron chi connectivity index (χ1n) is 5.81. The van der Waals surface area contributed by atoms with Crippen LogP contribution in [0.3, 0.4) is 0 Å². The predicted octanol–water partition coefficient (Wildman–Crippen LogP) is 2.86. The predicted molar refractivity (Wildman–Crippen MR) is 71.4 cm³/mol. The molecule has 8 heteroatoms. The minimum absolute atomic E-state index is 0.0738. The van der Waals surface area contributed by atoms with Crippen LogP contribution in [0, 0.1) is 4.77 Å². The highest BCUT2D eigenvalue weighted by Crippen LogP contribution is 2.23. The highest BCUT2D eigenvalue weighted by molar-refractivity contribution is 7.71. The van der Waals surface area contributed by atoms with Gasteiger partial charge >= 0.3 is 6.61 Å². The Hall–Kier alpha value is -1.80. The third-order valence-electron chi connectivity index (χ3n) is 2.59. The molecule has 0 aliphatic heterocycles. The second-order valence-corrected chi connectivity index (χ2v) is 4.29. The van der Waals surface area contributed by atoms with Crippen molar-refractivity contribution in [1.82, 2.24) is 14.8 Å². The van der Waals surface area contributed by atoms with Gasteiger partial charge in [0.15, 0.2) is 10.6 Å². The lowest BCUT2D eigenvalue weighted by molar-refractivity contribution is -0.0498. The van der Waals surface area contributed by atoms with Crippen molar-refractivity contribution < 1.29 is 18.3 Å². The molecule has 0 bridgehead atoms. The Morgan fingerprint density at radius 1 is 1.45 bits per heavy atom. The molecule has 0 atom stereocenters. The zero-order chi connectivity index (χ0) is 14.5. The van der Waals surface area contributed by atoms with Crippen molar-refractivity contribution >= 4 is 12.2 Å². The molecule has 5 nitrogen and oxygen atoms in total. The Bertz CT molecular complexity index is 627. The molecule has 0 spiro atoms. The number of ether oxygens (including phenoxy) is 2. The van der Waals surface area contributed by atoms with Crippen molar-refractivity contribution in [2.24, 2.45) is 0 Å². The van der Waals surface area contributed by atoms with Gasteiger partial charge in [-0.3, -0.25) is 9.67 Å². The maximum atomic E-state index is 12.2. The molecule has 0 unspecified atom stereocenters. The highest BCUT2D eigenvalue weighted by atomic mass is 32.1. The summed E-state index contributed by atoms with van der Waals surface area (Å²) in [5.74, 6) is 0.622. The Balaban J connectivity index is 2.34. The molecular formula is C12H13F2N3O2S. The first kappa shape index (κ1) is 14.6. The molecule has 108 valence electrons. The Morgan fingerprint density at radius 3 is 2.95 bits per heavy atom. The van der Waals surface area contributed by atoms with Crippen LogP contribution in [-0.2, 0) is 11.3 Å². The zero-order valence-electron chi connectivity index (χ0n) is 10.7. The lowest BCUT2D eigenvalue weighted by atomic mass is 10.2. The molecule has 0 radical (unpaired) electrons. The summed E-state index contributed by atoms with van der Waals surface area (Å²) in [5.41, 5.74) is 0.631. The summed E-state index contributed by atoms with van der Waals surface area (Å²) in [5, 5.41) is 6.78. The fourth-order valence-corrected chi connectivity index (χ4v) is 1.96. The number of aromatic amines is 1. The Labute approximate surface area is 119 Å². The molecule has 1 heterocycles. The SMILES string of the molecule is COCCn1c(-c2cccc(OC(F)F)c2)n[nH]c1=S. The minimum atomic E-state index is -2.86. The van der Waals surface area contributed by atoms with Gasteiger partial charge in [-0.2, -0.15) is 13.9 Å². The molecule has 0 aliphatic carbocycles. The van der Waals surface area contributed by atoms with Gasteiger partial charge < -0.3 is 9.47 Å². The third-order valence-corrected chi connectivity index (χ3v) is 2.91. The number of H-pyrrole nitrogens is 1. The topological polar surface area (TPSA) is 52.1 Å².